The molecule has 3 aromatic rings. The van der Waals surface area contributed by atoms with Crippen molar-refractivity contribution in [1.82, 2.24) is 5.43 Å². The van der Waals surface area contributed by atoms with Gasteiger partial charge in [0.15, 0.2) is 0 Å². The Morgan fingerprint density at radius 2 is 1.60 bits per heavy atom. The summed E-state index contributed by atoms with van der Waals surface area (Å²) in [5.41, 5.74) is 5.56. The van der Waals surface area contributed by atoms with E-state index in [0.717, 1.165) is 16.7 Å². The minimum atomic E-state index is -0.852. The van der Waals surface area contributed by atoms with Crippen LogP contribution in [0.5, 0.6) is 5.75 Å². The number of halogens is 1. The molecule has 3 aromatic carbocycles. The van der Waals surface area contributed by atoms with Crippen LogP contribution in [0.2, 0.25) is 5.02 Å². The summed E-state index contributed by atoms with van der Waals surface area (Å²) in [6.45, 7) is 2.36. The van der Waals surface area contributed by atoms with Gasteiger partial charge >= 0.3 is 11.8 Å². The van der Waals surface area contributed by atoms with Crippen molar-refractivity contribution in [2.75, 3.05) is 5.32 Å². The summed E-state index contributed by atoms with van der Waals surface area (Å²) in [5, 5.41) is 7.00. The number of nitrogens with one attached hydrogen (secondary N) is 2. The van der Waals surface area contributed by atoms with Gasteiger partial charge in [-0.25, -0.2) is 5.43 Å². The molecular formula is C23H20ClN3O3. The summed E-state index contributed by atoms with van der Waals surface area (Å²) in [4.78, 5) is 23.7. The molecule has 0 heterocycles. The summed E-state index contributed by atoms with van der Waals surface area (Å²) in [7, 11) is 0. The van der Waals surface area contributed by atoms with Crippen molar-refractivity contribution in [3.63, 3.8) is 0 Å². The molecule has 0 aliphatic carbocycles. The van der Waals surface area contributed by atoms with Gasteiger partial charge in [-0.3, -0.25) is 9.59 Å². The average Bonchev–Trinajstić information content (AvgIpc) is 2.76. The van der Waals surface area contributed by atoms with Crippen LogP contribution in [0.1, 0.15) is 16.7 Å². The summed E-state index contributed by atoms with van der Waals surface area (Å²) in [6.07, 6.45) is 1.44. The normalized spacial score (nSPS) is 10.6. The standard InChI is InChI=1S/C23H20ClN3O3/c1-16-2-10-20(11-3-16)26-22(28)23(29)27-25-14-17-6-12-21(13-7-17)30-15-18-4-8-19(24)9-5-18/h2-14H,15H2,1H3,(H,26,28)(H,27,29)/b25-14-. The lowest BCUT2D eigenvalue weighted by Gasteiger charge is -2.06. The van der Waals surface area contributed by atoms with Gasteiger partial charge in [-0.2, -0.15) is 5.10 Å². The van der Waals surface area contributed by atoms with Crippen molar-refractivity contribution in [2.45, 2.75) is 13.5 Å². The highest BCUT2D eigenvalue weighted by atomic mass is 35.5. The Morgan fingerprint density at radius 1 is 0.933 bits per heavy atom. The molecule has 0 unspecified atom stereocenters. The zero-order valence-corrected chi connectivity index (χ0v) is 17.0. The Morgan fingerprint density at radius 3 is 2.27 bits per heavy atom. The number of hydrogen-bond donors (Lipinski definition) is 2. The van der Waals surface area contributed by atoms with Crippen molar-refractivity contribution >= 4 is 35.3 Å². The Balaban J connectivity index is 1.46. The number of benzene rings is 3. The lowest BCUT2D eigenvalue weighted by molar-refractivity contribution is -0.136. The largest absolute Gasteiger partial charge is 0.489 e. The molecule has 3 rings (SSSR count). The van der Waals surface area contributed by atoms with E-state index < -0.39 is 11.8 Å². The second kappa shape index (κ2) is 10.2. The number of carbonyl (C=O) groups excluding carboxylic acids is 2. The molecule has 0 radical (unpaired) electrons. The highest BCUT2D eigenvalue weighted by molar-refractivity contribution is 6.39. The molecule has 30 heavy (non-hydrogen) atoms. The lowest BCUT2D eigenvalue weighted by Crippen LogP contribution is -2.32. The number of hydrazone groups is 1. The monoisotopic (exact) mass is 421 g/mol. The van der Waals surface area contributed by atoms with Crippen LogP contribution in [0.15, 0.2) is 77.9 Å². The third kappa shape index (κ3) is 6.46. The van der Waals surface area contributed by atoms with E-state index in [0.29, 0.717) is 23.1 Å². The fraction of sp³-hybridized carbons (Fsp3) is 0.0870. The Bertz CT molecular complexity index is 1030. The van der Waals surface area contributed by atoms with Crippen LogP contribution < -0.4 is 15.5 Å². The molecule has 0 spiro atoms. The molecular weight excluding hydrogens is 402 g/mol. The second-order valence-corrected chi connectivity index (χ2v) is 6.94. The quantitative estimate of drug-likeness (QED) is 0.353. The van der Waals surface area contributed by atoms with Gasteiger partial charge in [-0.1, -0.05) is 41.4 Å². The highest BCUT2D eigenvalue weighted by Crippen LogP contribution is 2.15. The molecule has 0 atom stereocenters. The predicted molar refractivity (Wildman–Crippen MR) is 118 cm³/mol. The number of ether oxygens (including phenoxy) is 1. The highest BCUT2D eigenvalue weighted by Gasteiger charge is 2.12. The second-order valence-electron chi connectivity index (χ2n) is 6.50. The molecule has 0 aromatic heterocycles. The Hall–Kier alpha value is -3.64. The van der Waals surface area contributed by atoms with Crippen molar-refractivity contribution in [3.8, 4) is 5.75 Å². The van der Waals surface area contributed by atoms with E-state index in [1.54, 1.807) is 36.4 Å². The van der Waals surface area contributed by atoms with Crippen LogP contribution in [0, 0.1) is 6.92 Å². The molecule has 0 saturated heterocycles. The van der Waals surface area contributed by atoms with E-state index in [1.807, 2.05) is 43.3 Å². The smallest absolute Gasteiger partial charge is 0.329 e. The minimum absolute atomic E-state index is 0.427. The van der Waals surface area contributed by atoms with Crippen LogP contribution in [-0.4, -0.2) is 18.0 Å². The maximum absolute atomic E-state index is 11.9. The number of carbonyl (C=O) groups is 2. The molecule has 7 heteroatoms. The summed E-state index contributed by atoms with van der Waals surface area (Å²) in [6, 6.07) is 21.7. The van der Waals surface area contributed by atoms with Crippen LogP contribution in [0.3, 0.4) is 0 Å². The predicted octanol–water partition coefficient (Wildman–Crippen LogP) is 4.32. The summed E-state index contributed by atoms with van der Waals surface area (Å²) < 4.78 is 5.71. The molecule has 2 N–H and O–H groups in total. The van der Waals surface area contributed by atoms with E-state index in [2.05, 4.69) is 15.8 Å². The Kier molecular flexibility index (Phi) is 7.19. The number of amides is 2. The first kappa shape index (κ1) is 21.1. The third-order valence-electron chi connectivity index (χ3n) is 4.09. The van der Waals surface area contributed by atoms with Gasteiger partial charge in [0, 0.05) is 10.7 Å². The molecule has 2 amide bonds. The van der Waals surface area contributed by atoms with Gasteiger partial charge in [0.25, 0.3) is 0 Å². The molecule has 6 nitrogen and oxygen atoms in total. The first-order valence-electron chi connectivity index (χ1n) is 9.18. The van der Waals surface area contributed by atoms with Gasteiger partial charge in [-0.15, -0.1) is 0 Å². The van der Waals surface area contributed by atoms with Crippen LogP contribution in [0.4, 0.5) is 5.69 Å². The molecule has 0 saturated carbocycles. The number of rotatable bonds is 6. The van der Waals surface area contributed by atoms with Gasteiger partial charge in [-0.05, 0) is 66.6 Å². The maximum atomic E-state index is 11.9. The van der Waals surface area contributed by atoms with E-state index in [-0.39, 0.29) is 0 Å². The molecule has 152 valence electrons. The number of anilines is 1. The van der Waals surface area contributed by atoms with Crippen molar-refractivity contribution in [1.29, 1.82) is 0 Å². The fourth-order valence-electron chi connectivity index (χ4n) is 2.44. The molecule has 0 aliphatic heterocycles. The zero-order chi connectivity index (χ0) is 21.3. The van der Waals surface area contributed by atoms with Crippen molar-refractivity contribution in [3.05, 3.63) is 94.5 Å². The fourth-order valence-corrected chi connectivity index (χ4v) is 2.56. The van der Waals surface area contributed by atoms with Crippen LogP contribution in [-0.2, 0) is 16.2 Å². The Labute approximate surface area is 179 Å². The maximum Gasteiger partial charge on any atom is 0.329 e. The number of nitrogens with zero attached hydrogens (tertiary/aromatic N) is 1. The van der Waals surface area contributed by atoms with Crippen LogP contribution >= 0.6 is 11.6 Å². The van der Waals surface area contributed by atoms with Crippen molar-refractivity contribution in [2.24, 2.45) is 5.10 Å². The molecule has 0 aliphatic rings. The van der Waals surface area contributed by atoms with Gasteiger partial charge in [0.1, 0.15) is 12.4 Å². The molecule has 0 fully saturated rings. The zero-order valence-electron chi connectivity index (χ0n) is 16.3. The van der Waals surface area contributed by atoms with Gasteiger partial charge in [0.2, 0.25) is 0 Å². The SMILES string of the molecule is Cc1ccc(NC(=O)C(=O)N/N=C\c2ccc(OCc3ccc(Cl)cc3)cc2)cc1. The first-order chi connectivity index (χ1) is 14.5. The van der Waals surface area contributed by atoms with Gasteiger partial charge in [0.05, 0.1) is 6.21 Å². The molecule has 0 bridgehead atoms. The van der Waals surface area contributed by atoms with Crippen molar-refractivity contribution < 1.29 is 14.3 Å². The topological polar surface area (TPSA) is 79.8 Å². The van der Waals surface area contributed by atoms with Crippen LogP contribution in [0.25, 0.3) is 0 Å². The third-order valence-corrected chi connectivity index (χ3v) is 4.35. The van der Waals surface area contributed by atoms with E-state index in [1.165, 1.54) is 6.21 Å². The number of hydrogen-bond acceptors (Lipinski definition) is 4. The summed E-state index contributed by atoms with van der Waals surface area (Å²) in [5.74, 6) is -0.944. The van der Waals surface area contributed by atoms with E-state index in [9.17, 15) is 9.59 Å². The lowest BCUT2D eigenvalue weighted by atomic mass is 10.2. The minimum Gasteiger partial charge on any atom is -0.489 e. The number of aryl methyl sites for hydroxylation is 1. The first-order valence-corrected chi connectivity index (χ1v) is 9.56. The van der Waals surface area contributed by atoms with E-state index >= 15 is 0 Å². The summed E-state index contributed by atoms with van der Waals surface area (Å²) >= 11 is 5.86. The van der Waals surface area contributed by atoms with Gasteiger partial charge < -0.3 is 10.1 Å². The van der Waals surface area contributed by atoms with E-state index in [4.69, 9.17) is 16.3 Å². The average molecular weight is 422 g/mol.